The molecule has 2 aliphatic rings. The zero-order valence-corrected chi connectivity index (χ0v) is 17.6. The predicted molar refractivity (Wildman–Crippen MR) is 114 cm³/mol. The van der Waals surface area contributed by atoms with Gasteiger partial charge in [-0.1, -0.05) is 43.0 Å². The first kappa shape index (κ1) is 22.7. The minimum absolute atomic E-state index is 0.0383. The van der Waals surface area contributed by atoms with Gasteiger partial charge in [-0.25, -0.2) is 4.79 Å². The molecular weight excluding hydrogens is 414 g/mol. The van der Waals surface area contributed by atoms with Gasteiger partial charge in [0.1, 0.15) is 12.6 Å². The largest absolute Gasteiger partial charge is 0.445 e. The van der Waals surface area contributed by atoms with Crippen LogP contribution in [0, 0.1) is 0 Å². The van der Waals surface area contributed by atoms with E-state index in [1.165, 1.54) is 6.07 Å². The molecule has 32 heavy (non-hydrogen) atoms. The molecule has 9 heteroatoms. The van der Waals surface area contributed by atoms with Crippen molar-refractivity contribution in [3.63, 3.8) is 0 Å². The minimum atomic E-state index is -1.05. The number of fused-ring (bicyclic) bond motifs is 1. The van der Waals surface area contributed by atoms with E-state index >= 15 is 0 Å². The molecule has 1 saturated heterocycles. The number of ether oxygens (including phenoxy) is 1. The van der Waals surface area contributed by atoms with Gasteiger partial charge in [-0.05, 0) is 30.5 Å². The molecule has 9 nitrogen and oxygen atoms in total. The molecule has 2 heterocycles. The van der Waals surface area contributed by atoms with Crippen LogP contribution in [-0.4, -0.2) is 47.3 Å². The first-order valence-corrected chi connectivity index (χ1v) is 10.0. The van der Waals surface area contributed by atoms with Gasteiger partial charge in [0.25, 0.3) is 11.8 Å². The number of nitrogens with one attached hydrogen (secondary N) is 2. The van der Waals surface area contributed by atoms with E-state index in [1.807, 2.05) is 0 Å². The molecule has 0 saturated carbocycles. The van der Waals surface area contributed by atoms with Crippen molar-refractivity contribution in [1.29, 1.82) is 0 Å². The fourth-order valence-corrected chi connectivity index (χ4v) is 3.48. The van der Waals surface area contributed by atoms with Gasteiger partial charge in [-0.2, -0.15) is 0 Å². The van der Waals surface area contributed by atoms with Crippen LogP contribution in [0.2, 0.25) is 0 Å². The molecule has 1 fully saturated rings. The van der Waals surface area contributed by atoms with Gasteiger partial charge in [-0.3, -0.25) is 29.4 Å². The summed E-state index contributed by atoms with van der Waals surface area (Å²) >= 11 is 0. The summed E-state index contributed by atoms with van der Waals surface area (Å²) < 4.78 is 5.14. The summed E-state index contributed by atoms with van der Waals surface area (Å²) in [7, 11) is 0. The van der Waals surface area contributed by atoms with Crippen LogP contribution in [0.5, 0.6) is 0 Å². The fraction of sp³-hybridized carbons (Fsp3) is 0.261. The molecule has 166 valence electrons. The summed E-state index contributed by atoms with van der Waals surface area (Å²) in [5, 5.41) is 4.72. The van der Waals surface area contributed by atoms with Crippen molar-refractivity contribution in [3.8, 4) is 0 Å². The highest BCUT2D eigenvalue weighted by Gasteiger charge is 2.45. The van der Waals surface area contributed by atoms with Crippen LogP contribution in [0.25, 0.3) is 0 Å². The Morgan fingerprint density at radius 3 is 2.75 bits per heavy atom. The van der Waals surface area contributed by atoms with Crippen molar-refractivity contribution in [2.24, 2.45) is 0 Å². The van der Waals surface area contributed by atoms with Gasteiger partial charge in [0, 0.05) is 13.0 Å². The first-order chi connectivity index (χ1) is 15.3. The lowest BCUT2D eigenvalue weighted by Crippen LogP contribution is -2.54. The summed E-state index contributed by atoms with van der Waals surface area (Å²) in [6, 6.07) is 3.66. The van der Waals surface area contributed by atoms with E-state index in [0.29, 0.717) is 5.56 Å². The maximum atomic E-state index is 13.0. The Bertz CT molecular complexity index is 1060. The second-order valence-electron chi connectivity index (χ2n) is 7.35. The Kier molecular flexibility index (Phi) is 6.99. The SMILES string of the molecule is C=C/C=C\C=C(/C)COC(=O)NCc1cccc2c1C(=O)N(C1CCC(=O)NC1=O)C2=O. The van der Waals surface area contributed by atoms with E-state index < -0.39 is 35.8 Å². The van der Waals surface area contributed by atoms with Gasteiger partial charge in [-0.15, -0.1) is 0 Å². The van der Waals surface area contributed by atoms with Gasteiger partial charge in [0.15, 0.2) is 0 Å². The predicted octanol–water partition coefficient (Wildman–Crippen LogP) is 2.00. The number of nitrogens with zero attached hydrogens (tertiary/aromatic N) is 1. The summed E-state index contributed by atoms with van der Waals surface area (Å²) in [4.78, 5) is 62.3. The Hall–Kier alpha value is -4.01. The third kappa shape index (κ3) is 4.83. The van der Waals surface area contributed by atoms with Crippen molar-refractivity contribution in [1.82, 2.24) is 15.5 Å². The molecule has 0 spiro atoms. The number of benzene rings is 1. The normalized spacial score (nSPS) is 18.6. The Balaban J connectivity index is 1.67. The Morgan fingerprint density at radius 2 is 2.03 bits per heavy atom. The standard InChI is InChI=1S/C23H23N3O6/c1-3-4-5-7-14(2)13-32-23(31)24-12-15-8-6-9-16-19(15)22(30)26(21(16)29)17-10-11-18(27)25-20(17)28/h3-9,17H,1,10-13H2,2H3,(H,24,31)(H,25,27,28)/b5-4-,14-7+. The molecule has 0 bridgehead atoms. The number of rotatable bonds is 7. The number of carbonyl (C=O) groups excluding carboxylic acids is 5. The molecular formula is C23H23N3O6. The smallest absolute Gasteiger partial charge is 0.407 e. The second-order valence-corrected chi connectivity index (χ2v) is 7.35. The lowest BCUT2D eigenvalue weighted by Gasteiger charge is -2.27. The van der Waals surface area contributed by atoms with Crippen LogP contribution in [0.4, 0.5) is 4.79 Å². The summed E-state index contributed by atoms with van der Waals surface area (Å²) in [6.07, 6.45) is 6.37. The highest BCUT2D eigenvalue weighted by Crippen LogP contribution is 2.29. The van der Waals surface area contributed by atoms with Crippen LogP contribution < -0.4 is 10.6 Å². The van der Waals surface area contributed by atoms with Crippen LogP contribution >= 0.6 is 0 Å². The maximum absolute atomic E-state index is 13.0. The van der Waals surface area contributed by atoms with E-state index in [1.54, 1.807) is 43.4 Å². The zero-order chi connectivity index (χ0) is 23.3. The highest BCUT2D eigenvalue weighted by atomic mass is 16.5. The summed E-state index contributed by atoms with van der Waals surface area (Å²) in [6.45, 7) is 5.41. The van der Waals surface area contributed by atoms with Crippen molar-refractivity contribution >= 4 is 29.7 Å². The number of alkyl carbamates (subject to hydrolysis) is 1. The van der Waals surface area contributed by atoms with E-state index in [-0.39, 0.29) is 37.1 Å². The van der Waals surface area contributed by atoms with E-state index in [4.69, 9.17) is 4.74 Å². The van der Waals surface area contributed by atoms with Crippen LogP contribution in [0.15, 0.2) is 54.7 Å². The molecule has 5 amide bonds. The molecule has 2 N–H and O–H groups in total. The molecule has 1 aromatic rings. The molecule has 3 rings (SSSR count). The van der Waals surface area contributed by atoms with Gasteiger partial charge in [0.2, 0.25) is 11.8 Å². The average molecular weight is 437 g/mol. The van der Waals surface area contributed by atoms with E-state index in [9.17, 15) is 24.0 Å². The fourth-order valence-electron chi connectivity index (χ4n) is 3.48. The molecule has 2 aliphatic heterocycles. The van der Waals surface area contributed by atoms with Crippen molar-refractivity contribution < 1.29 is 28.7 Å². The first-order valence-electron chi connectivity index (χ1n) is 10.0. The monoisotopic (exact) mass is 437 g/mol. The number of piperidine rings is 1. The van der Waals surface area contributed by atoms with Crippen LogP contribution in [-0.2, 0) is 20.9 Å². The number of carbonyl (C=O) groups is 5. The average Bonchev–Trinajstić information content (AvgIpc) is 3.02. The van der Waals surface area contributed by atoms with Crippen LogP contribution in [0.1, 0.15) is 46.0 Å². The highest BCUT2D eigenvalue weighted by molar-refractivity contribution is 6.24. The summed E-state index contributed by atoms with van der Waals surface area (Å²) in [5.74, 6) is -2.34. The van der Waals surface area contributed by atoms with E-state index in [0.717, 1.165) is 10.5 Å². The Morgan fingerprint density at radius 1 is 1.25 bits per heavy atom. The summed E-state index contributed by atoms with van der Waals surface area (Å²) in [5.41, 5.74) is 1.53. The molecule has 0 radical (unpaired) electrons. The molecule has 1 atom stereocenters. The number of allylic oxidation sites excluding steroid dienone is 4. The number of hydrogen-bond donors (Lipinski definition) is 2. The zero-order valence-electron chi connectivity index (χ0n) is 17.6. The Labute approximate surface area is 184 Å². The third-order valence-electron chi connectivity index (χ3n) is 5.04. The number of imide groups is 2. The van der Waals surface area contributed by atoms with Crippen molar-refractivity contribution in [2.45, 2.75) is 32.4 Å². The lowest BCUT2D eigenvalue weighted by atomic mass is 10.0. The molecule has 0 aliphatic carbocycles. The quantitative estimate of drug-likeness (QED) is 0.497. The number of amides is 5. The van der Waals surface area contributed by atoms with Crippen molar-refractivity contribution in [2.75, 3.05) is 6.61 Å². The van der Waals surface area contributed by atoms with Gasteiger partial charge < -0.3 is 10.1 Å². The minimum Gasteiger partial charge on any atom is -0.445 e. The van der Waals surface area contributed by atoms with Gasteiger partial charge in [0.05, 0.1) is 11.1 Å². The topological polar surface area (TPSA) is 122 Å². The third-order valence-corrected chi connectivity index (χ3v) is 5.04. The van der Waals surface area contributed by atoms with Gasteiger partial charge >= 0.3 is 6.09 Å². The lowest BCUT2D eigenvalue weighted by molar-refractivity contribution is -0.136. The second kappa shape index (κ2) is 9.86. The molecule has 0 aromatic heterocycles. The van der Waals surface area contributed by atoms with Crippen LogP contribution in [0.3, 0.4) is 0 Å². The molecule has 1 aromatic carbocycles. The molecule has 1 unspecified atom stereocenters. The maximum Gasteiger partial charge on any atom is 0.407 e. The van der Waals surface area contributed by atoms with Crippen molar-refractivity contribution in [3.05, 3.63) is 71.3 Å². The van der Waals surface area contributed by atoms with E-state index in [2.05, 4.69) is 17.2 Å². The number of hydrogen-bond acceptors (Lipinski definition) is 6.